The van der Waals surface area contributed by atoms with Gasteiger partial charge >= 0.3 is 0 Å². The summed E-state index contributed by atoms with van der Waals surface area (Å²) >= 11 is 0. The molecule has 1 N–H and O–H groups in total. The third kappa shape index (κ3) is 4.63. The lowest BCUT2D eigenvalue weighted by Crippen LogP contribution is -2.13. The van der Waals surface area contributed by atoms with E-state index >= 15 is 0 Å². The van der Waals surface area contributed by atoms with Gasteiger partial charge in [0.15, 0.2) is 17.3 Å². The average Bonchev–Trinajstić information content (AvgIpc) is 2.74. The maximum Gasteiger partial charge on any atom is 0.255 e. The molecule has 0 fully saturated rings. The number of amides is 1. The van der Waals surface area contributed by atoms with E-state index in [1.807, 2.05) is 37.3 Å². The fourth-order valence-corrected chi connectivity index (χ4v) is 3.03. The van der Waals surface area contributed by atoms with Crippen molar-refractivity contribution in [3.8, 4) is 22.6 Å². The molecule has 0 aliphatic carbocycles. The highest BCUT2D eigenvalue weighted by Crippen LogP contribution is 2.39. The largest absolute Gasteiger partial charge is 0.492 e. The van der Waals surface area contributed by atoms with Crippen LogP contribution in [0.4, 0.5) is 5.69 Å². The van der Waals surface area contributed by atoms with Crippen LogP contribution in [0.2, 0.25) is 0 Å². The normalized spacial score (nSPS) is 10.3. The number of ketones is 1. The van der Waals surface area contributed by atoms with Crippen LogP contribution in [0, 0.1) is 0 Å². The number of methoxy groups -OCH3 is 1. The Labute approximate surface area is 170 Å². The number of rotatable bonds is 7. The molecule has 1 amide bonds. The van der Waals surface area contributed by atoms with Gasteiger partial charge in [0.05, 0.1) is 13.7 Å². The number of benzene rings is 3. The Hall–Kier alpha value is -3.60. The second-order valence-electron chi connectivity index (χ2n) is 6.44. The van der Waals surface area contributed by atoms with Crippen molar-refractivity contribution >= 4 is 17.4 Å². The molecule has 0 atom stereocenters. The quantitative estimate of drug-likeness (QED) is 0.563. The summed E-state index contributed by atoms with van der Waals surface area (Å²) in [5, 5.41) is 2.86. The van der Waals surface area contributed by atoms with Crippen molar-refractivity contribution in [3.05, 3.63) is 77.9 Å². The molecule has 0 spiro atoms. The smallest absolute Gasteiger partial charge is 0.255 e. The molecule has 0 radical (unpaired) electrons. The summed E-state index contributed by atoms with van der Waals surface area (Å²) in [4.78, 5) is 24.3. The first-order valence-electron chi connectivity index (χ1n) is 9.36. The zero-order chi connectivity index (χ0) is 20.8. The minimum absolute atomic E-state index is 0.0214. The van der Waals surface area contributed by atoms with E-state index in [9.17, 15) is 9.59 Å². The van der Waals surface area contributed by atoms with Crippen molar-refractivity contribution in [3.63, 3.8) is 0 Å². The van der Waals surface area contributed by atoms with Crippen molar-refractivity contribution < 1.29 is 19.1 Å². The molecule has 0 saturated heterocycles. The Morgan fingerprint density at radius 3 is 2.21 bits per heavy atom. The highest BCUT2D eigenvalue weighted by Gasteiger charge is 2.18. The van der Waals surface area contributed by atoms with E-state index in [1.165, 1.54) is 6.92 Å². The van der Waals surface area contributed by atoms with Crippen molar-refractivity contribution in [2.75, 3.05) is 19.0 Å². The highest BCUT2D eigenvalue weighted by molar-refractivity contribution is 6.06. The number of nitrogens with one attached hydrogen (secondary N) is 1. The van der Waals surface area contributed by atoms with Crippen LogP contribution in [0.1, 0.15) is 34.6 Å². The summed E-state index contributed by atoms with van der Waals surface area (Å²) in [5.74, 6) is 0.794. The van der Waals surface area contributed by atoms with Gasteiger partial charge in [0, 0.05) is 22.4 Å². The lowest BCUT2D eigenvalue weighted by atomic mass is 10.0. The van der Waals surface area contributed by atoms with Crippen molar-refractivity contribution in [1.29, 1.82) is 0 Å². The van der Waals surface area contributed by atoms with Crippen molar-refractivity contribution in [2.45, 2.75) is 13.8 Å². The molecular weight excluding hydrogens is 366 g/mol. The Kier molecular flexibility index (Phi) is 6.29. The van der Waals surface area contributed by atoms with Gasteiger partial charge in [-0.25, -0.2) is 0 Å². The summed E-state index contributed by atoms with van der Waals surface area (Å²) in [6, 6.07) is 20.0. The van der Waals surface area contributed by atoms with E-state index in [0.29, 0.717) is 34.9 Å². The zero-order valence-corrected chi connectivity index (χ0v) is 16.7. The van der Waals surface area contributed by atoms with Crippen LogP contribution in [-0.4, -0.2) is 25.4 Å². The van der Waals surface area contributed by atoms with Crippen LogP contribution in [0.5, 0.6) is 11.5 Å². The maximum atomic E-state index is 12.9. The standard InChI is InChI=1S/C24H23NO4/c1-4-29-22-15-19(14-21(23(22)28-3)18-8-6-5-7-9-18)24(27)25-20-12-10-17(11-13-20)16(2)26/h5-15H,4H2,1-3H3,(H,25,27). The molecule has 5 nitrogen and oxygen atoms in total. The molecule has 3 rings (SSSR count). The molecule has 0 heterocycles. The van der Waals surface area contributed by atoms with E-state index in [4.69, 9.17) is 9.47 Å². The van der Waals surface area contributed by atoms with E-state index in [1.54, 1.807) is 43.5 Å². The van der Waals surface area contributed by atoms with Gasteiger partial charge in [-0.1, -0.05) is 30.3 Å². The molecule has 0 saturated carbocycles. The topological polar surface area (TPSA) is 64.6 Å². The Balaban J connectivity index is 1.98. The molecule has 3 aromatic rings. The molecular formula is C24H23NO4. The number of carbonyl (C=O) groups is 2. The predicted molar refractivity (Wildman–Crippen MR) is 114 cm³/mol. The van der Waals surface area contributed by atoms with Crippen LogP contribution in [-0.2, 0) is 0 Å². The third-order valence-electron chi connectivity index (χ3n) is 4.46. The number of ether oxygens (including phenoxy) is 2. The SMILES string of the molecule is CCOc1cc(C(=O)Nc2ccc(C(C)=O)cc2)cc(-c2ccccc2)c1OC. The van der Waals surface area contributed by atoms with Gasteiger partial charge in [-0.3, -0.25) is 9.59 Å². The third-order valence-corrected chi connectivity index (χ3v) is 4.46. The Morgan fingerprint density at radius 2 is 1.62 bits per heavy atom. The monoisotopic (exact) mass is 389 g/mol. The minimum Gasteiger partial charge on any atom is -0.492 e. The van der Waals surface area contributed by atoms with Crippen LogP contribution >= 0.6 is 0 Å². The first-order chi connectivity index (χ1) is 14.0. The number of Topliss-reactive ketones (excluding diaryl/α,β-unsaturated/α-hetero) is 1. The zero-order valence-electron chi connectivity index (χ0n) is 16.7. The molecule has 3 aromatic carbocycles. The van der Waals surface area contributed by atoms with Crippen LogP contribution in [0.15, 0.2) is 66.7 Å². The highest BCUT2D eigenvalue weighted by atomic mass is 16.5. The van der Waals surface area contributed by atoms with Gasteiger partial charge in [-0.2, -0.15) is 0 Å². The lowest BCUT2D eigenvalue weighted by Gasteiger charge is -2.16. The summed E-state index contributed by atoms with van der Waals surface area (Å²) in [6.07, 6.45) is 0. The molecule has 29 heavy (non-hydrogen) atoms. The van der Waals surface area contributed by atoms with E-state index in [-0.39, 0.29) is 11.7 Å². The molecule has 0 aromatic heterocycles. The Morgan fingerprint density at radius 1 is 0.931 bits per heavy atom. The molecule has 0 aliphatic rings. The molecule has 148 valence electrons. The predicted octanol–water partition coefficient (Wildman–Crippen LogP) is 5.22. The number of anilines is 1. The summed E-state index contributed by atoms with van der Waals surface area (Å²) < 4.78 is 11.3. The van der Waals surface area contributed by atoms with Crippen LogP contribution in [0.3, 0.4) is 0 Å². The van der Waals surface area contributed by atoms with Crippen molar-refractivity contribution in [2.24, 2.45) is 0 Å². The molecule has 0 unspecified atom stereocenters. The number of hydrogen-bond donors (Lipinski definition) is 1. The summed E-state index contributed by atoms with van der Waals surface area (Å²) in [7, 11) is 1.58. The number of hydrogen-bond acceptors (Lipinski definition) is 4. The first kappa shape index (κ1) is 20.1. The maximum absolute atomic E-state index is 12.9. The van der Waals surface area contributed by atoms with Gasteiger partial charge < -0.3 is 14.8 Å². The first-order valence-corrected chi connectivity index (χ1v) is 9.36. The minimum atomic E-state index is -0.277. The van der Waals surface area contributed by atoms with E-state index in [2.05, 4.69) is 5.32 Å². The van der Waals surface area contributed by atoms with Crippen LogP contribution in [0.25, 0.3) is 11.1 Å². The van der Waals surface area contributed by atoms with Gasteiger partial charge in [0.1, 0.15) is 0 Å². The molecule has 0 aliphatic heterocycles. The van der Waals surface area contributed by atoms with Gasteiger partial charge in [0.25, 0.3) is 5.91 Å². The van der Waals surface area contributed by atoms with E-state index in [0.717, 1.165) is 11.1 Å². The summed E-state index contributed by atoms with van der Waals surface area (Å²) in [6.45, 7) is 3.83. The molecule has 0 bridgehead atoms. The second kappa shape index (κ2) is 9.06. The van der Waals surface area contributed by atoms with E-state index < -0.39 is 0 Å². The average molecular weight is 389 g/mol. The van der Waals surface area contributed by atoms with Gasteiger partial charge in [-0.15, -0.1) is 0 Å². The fraction of sp³-hybridized carbons (Fsp3) is 0.167. The Bertz CT molecular complexity index is 1010. The molecule has 5 heteroatoms. The van der Waals surface area contributed by atoms with Gasteiger partial charge in [0.2, 0.25) is 0 Å². The van der Waals surface area contributed by atoms with Crippen molar-refractivity contribution in [1.82, 2.24) is 0 Å². The fourth-order valence-electron chi connectivity index (χ4n) is 3.03. The number of carbonyl (C=O) groups excluding carboxylic acids is 2. The second-order valence-corrected chi connectivity index (χ2v) is 6.44. The van der Waals surface area contributed by atoms with Gasteiger partial charge in [-0.05, 0) is 55.8 Å². The van der Waals surface area contributed by atoms with Crippen LogP contribution < -0.4 is 14.8 Å². The summed E-state index contributed by atoms with van der Waals surface area (Å²) in [5.41, 5.74) is 3.35. The lowest BCUT2D eigenvalue weighted by molar-refractivity contribution is 0.101.